The molecule has 6 nitrogen and oxygen atoms in total. The summed E-state index contributed by atoms with van der Waals surface area (Å²) in [6.45, 7) is 2.25. The van der Waals surface area contributed by atoms with Crippen LogP contribution in [-0.4, -0.2) is 21.2 Å². The lowest BCUT2D eigenvalue weighted by Gasteiger charge is -2.26. The SMILES string of the molecule is CC1CCC(Nc2cn[nH]c2[N+](=O)[O-])CC1. The normalized spacial score (nSPS) is 25.3. The molecule has 2 N–H and O–H groups in total. The molecule has 1 aromatic rings. The minimum Gasteiger partial charge on any atom is -0.374 e. The lowest BCUT2D eigenvalue weighted by Crippen LogP contribution is -2.25. The third-order valence-electron chi connectivity index (χ3n) is 3.18. The fourth-order valence-electron chi connectivity index (χ4n) is 2.15. The number of anilines is 1. The molecule has 0 atom stereocenters. The van der Waals surface area contributed by atoms with Gasteiger partial charge in [-0.25, -0.2) is 0 Å². The summed E-state index contributed by atoms with van der Waals surface area (Å²) in [4.78, 5) is 10.2. The van der Waals surface area contributed by atoms with Crippen molar-refractivity contribution in [3.05, 3.63) is 16.3 Å². The lowest BCUT2D eigenvalue weighted by atomic mass is 9.87. The van der Waals surface area contributed by atoms with Crippen molar-refractivity contribution in [2.24, 2.45) is 5.92 Å². The number of aromatic nitrogens is 2. The maximum atomic E-state index is 10.7. The Kier molecular flexibility index (Phi) is 3.07. The van der Waals surface area contributed by atoms with Gasteiger partial charge in [0.05, 0.1) is 0 Å². The first-order valence-corrected chi connectivity index (χ1v) is 5.61. The Bertz CT molecular complexity index is 369. The Hall–Kier alpha value is -1.59. The van der Waals surface area contributed by atoms with Crippen molar-refractivity contribution >= 4 is 11.5 Å². The van der Waals surface area contributed by atoms with Crippen LogP contribution in [0.5, 0.6) is 0 Å². The molecule has 1 fully saturated rings. The lowest BCUT2D eigenvalue weighted by molar-refractivity contribution is -0.388. The van der Waals surface area contributed by atoms with Crippen molar-refractivity contribution in [2.45, 2.75) is 38.6 Å². The highest BCUT2D eigenvalue weighted by atomic mass is 16.6. The average Bonchev–Trinajstić information content (AvgIpc) is 2.69. The van der Waals surface area contributed by atoms with Crippen LogP contribution in [0.1, 0.15) is 32.6 Å². The van der Waals surface area contributed by atoms with E-state index in [0.29, 0.717) is 11.7 Å². The standard InChI is InChI=1S/C10H16N4O2/c1-7-2-4-8(5-3-7)12-9-6-11-13-10(9)14(15)16/h6-8,12H,2-5H2,1H3,(H,11,13). The first-order valence-electron chi connectivity index (χ1n) is 5.61. The largest absolute Gasteiger partial charge is 0.374 e. The molecular formula is C10H16N4O2. The van der Waals surface area contributed by atoms with Gasteiger partial charge < -0.3 is 15.4 Å². The minimum atomic E-state index is -0.444. The van der Waals surface area contributed by atoms with Crippen LogP contribution < -0.4 is 5.32 Å². The van der Waals surface area contributed by atoms with Crippen LogP contribution in [0.2, 0.25) is 0 Å². The topological polar surface area (TPSA) is 83.8 Å². The number of hydrogen-bond acceptors (Lipinski definition) is 4. The van der Waals surface area contributed by atoms with Gasteiger partial charge in [-0.2, -0.15) is 0 Å². The van der Waals surface area contributed by atoms with E-state index in [1.165, 1.54) is 19.0 Å². The highest BCUT2D eigenvalue weighted by molar-refractivity contribution is 5.56. The van der Waals surface area contributed by atoms with Crippen LogP contribution >= 0.6 is 0 Å². The molecule has 88 valence electrons. The molecule has 1 saturated carbocycles. The number of hydrogen-bond donors (Lipinski definition) is 2. The van der Waals surface area contributed by atoms with Crippen molar-refractivity contribution in [1.82, 2.24) is 10.2 Å². The van der Waals surface area contributed by atoms with Gasteiger partial charge in [0.15, 0.2) is 5.69 Å². The van der Waals surface area contributed by atoms with Crippen LogP contribution in [0.15, 0.2) is 6.20 Å². The number of rotatable bonds is 3. The smallest absolute Gasteiger partial charge is 0.366 e. The summed E-state index contributed by atoms with van der Waals surface area (Å²) in [7, 11) is 0. The number of aromatic amines is 1. The van der Waals surface area contributed by atoms with Crippen molar-refractivity contribution in [2.75, 3.05) is 5.32 Å². The fourth-order valence-corrected chi connectivity index (χ4v) is 2.15. The molecule has 0 aromatic carbocycles. The maximum Gasteiger partial charge on any atom is 0.366 e. The van der Waals surface area contributed by atoms with Gasteiger partial charge in [-0.15, -0.1) is 5.10 Å². The van der Waals surface area contributed by atoms with Crippen LogP contribution in [0.3, 0.4) is 0 Å². The van der Waals surface area contributed by atoms with Gasteiger partial charge >= 0.3 is 5.82 Å². The summed E-state index contributed by atoms with van der Waals surface area (Å²) in [6, 6.07) is 0.340. The van der Waals surface area contributed by atoms with Gasteiger partial charge in [-0.05, 0) is 36.5 Å². The first kappa shape index (κ1) is 10.9. The Morgan fingerprint density at radius 1 is 1.50 bits per heavy atom. The van der Waals surface area contributed by atoms with Crippen LogP contribution in [-0.2, 0) is 0 Å². The molecular weight excluding hydrogens is 208 g/mol. The van der Waals surface area contributed by atoms with Gasteiger partial charge in [-0.1, -0.05) is 12.0 Å². The maximum absolute atomic E-state index is 10.7. The average molecular weight is 224 g/mol. The summed E-state index contributed by atoms with van der Waals surface area (Å²) in [5, 5.41) is 20.0. The Balaban J connectivity index is 1.98. The molecule has 1 aliphatic carbocycles. The summed E-state index contributed by atoms with van der Waals surface area (Å²) in [5.74, 6) is 0.732. The number of nitrogens with zero attached hydrogens (tertiary/aromatic N) is 2. The van der Waals surface area contributed by atoms with Crippen molar-refractivity contribution in [3.8, 4) is 0 Å². The van der Waals surface area contributed by atoms with E-state index >= 15 is 0 Å². The second-order valence-corrected chi connectivity index (χ2v) is 4.49. The molecule has 0 bridgehead atoms. The summed E-state index contributed by atoms with van der Waals surface area (Å²) >= 11 is 0. The molecule has 0 radical (unpaired) electrons. The summed E-state index contributed by atoms with van der Waals surface area (Å²) in [6.07, 6.45) is 6.00. The van der Waals surface area contributed by atoms with E-state index < -0.39 is 4.92 Å². The Labute approximate surface area is 93.6 Å². The molecule has 0 unspecified atom stereocenters. The van der Waals surface area contributed by atoms with E-state index in [2.05, 4.69) is 22.4 Å². The Morgan fingerprint density at radius 2 is 2.19 bits per heavy atom. The van der Waals surface area contributed by atoms with Crippen molar-refractivity contribution in [1.29, 1.82) is 0 Å². The van der Waals surface area contributed by atoms with E-state index in [-0.39, 0.29) is 5.82 Å². The molecule has 1 heterocycles. The number of nitro groups is 1. The van der Waals surface area contributed by atoms with Crippen LogP contribution in [0, 0.1) is 16.0 Å². The number of H-pyrrole nitrogens is 1. The van der Waals surface area contributed by atoms with E-state index in [1.807, 2.05) is 0 Å². The van der Waals surface area contributed by atoms with E-state index in [4.69, 9.17) is 0 Å². The second-order valence-electron chi connectivity index (χ2n) is 4.49. The molecule has 0 amide bonds. The van der Waals surface area contributed by atoms with E-state index in [9.17, 15) is 10.1 Å². The van der Waals surface area contributed by atoms with Crippen molar-refractivity contribution < 1.29 is 4.92 Å². The van der Waals surface area contributed by atoms with Gasteiger partial charge in [0.1, 0.15) is 6.20 Å². The third-order valence-corrected chi connectivity index (χ3v) is 3.18. The summed E-state index contributed by atoms with van der Waals surface area (Å²) < 4.78 is 0. The minimum absolute atomic E-state index is 0.0429. The highest BCUT2D eigenvalue weighted by Crippen LogP contribution is 2.28. The van der Waals surface area contributed by atoms with Crippen LogP contribution in [0.25, 0.3) is 0 Å². The third kappa shape index (κ3) is 2.32. The molecule has 1 aromatic heterocycles. The quantitative estimate of drug-likeness (QED) is 0.609. The zero-order chi connectivity index (χ0) is 11.5. The van der Waals surface area contributed by atoms with Gasteiger partial charge in [0.2, 0.25) is 0 Å². The predicted octanol–water partition coefficient (Wildman–Crippen LogP) is 2.31. The van der Waals surface area contributed by atoms with Crippen LogP contribution in [0.4, 0.5) is 11.5 Å². The van der Waals surface area contributed by atoms with Gasteiger partial charge in [0.25, 0.3) is 0 Å². The molecule has 0 spiro atoms. The zero-order valence-electron chi connectivity index (χ0n) is 9.27. The number of nitrogens with one attached hydrogen (secondary N) is 2. The monoisotopic (exact) mass is 224 g/mol. The molecule has 6 heteroatoms. The highest BCUT2D eigenvalue weighted by Gasteiger charge is 2.22. The second kappa shape index (κ2) is 4.51. The van der Waals surface area contributed by atoms with Crippen molar-refractivity contribution in [3.63, 3.8) is 0 Å². The zero-order valence-corrected chi connectivity index (χ0v) is 9.27. The van der Waals surface area contributed by atoms with Gasteiger partial charge in [-0.3, -0.25) is 0 Å². The van der Waals surface area contributed by atoms with E-state index in [1.54, 1.807) is 0 Å². The summed E-state index contributed by atoms with van der Waals surface area (Å²) in [5.41, 5.74) is 0.504. The Morgan fingerprint density at radius 3 is 2.81 bits per heavy atom. The van der Waals surface area contributed by atoms with E-state index in [0.717, 1.165) is 18.8 Å². The molecule has 2 rings (SSSR count). The first-order chi connectivity index (χ1) is 7.66. The molecule has 0 aliphatic heterocycles. The van der Waals surface area contributed by atoms with Gasteiger partial charge in [0, 0.05) is 6.04 Å². The fraction of sp³-hybridized carbons (Fsp3) is 0.700. The molecule has 16 heavy (non-hydrogen) atoms. The molecule has 0 saturated heterocycles. The molecule has 1 aliphatic rings. The predicted molar refractivity (Wildman–Crippen MR) is 60.3 cm³/mol.